The molecule has 1 saturated heterocycles. The number of halogens is 1. The Morgan fingerprint density at radius 2 is 2.30 bits per heavy atom. The molecule has 0 bridgehead atoms. The number of amides is 1. The highest BCUT2D eigenvalue weighted by atomic mass is 127. The van der Waals surface area contributed by atoms with Gasteiger partial charge in [0.15, 0.2) is 13.6 Å². The largest absolute Gasteiger partial charge is 0.451 e. The van der Waals surface area contributed by atoms with Crippen LogP contribution < -0.4 is 0 Å². The van der Waals surface area contributed by atoms with E-state index < -0.39 is 9.84 Å². The second-order valence-electron chi connectivity index (χ2n) is 5.41. The molecule has 0 aliphatic carbocycles. The number of furan rings is 1. The van der Waals surface area contributed by atoms with Crippen molar-refractivity contribution in [2.75, 3.05) is 31.8 Å². The van der Waals surface area contributed by atoms with Crippen LogP contribution >= 0.6 is 22.6 Å². The van der Waals surface area contributed by atoms with E-state index >= 15 is 0 Å². The molecule has 1 aliphatic heterocycles. The molecule has 2 heterocycles. The number of nitrogens with zero attached hydrogens (tertiary/aromatic N) is 1. The zero-order valence-electron chi connectivity index (χ0n) is 12.9. The quantitative estimate of drug-likeness (QED) is 0.359. The van der Waals surface area contributed by atoms with Crippen LogP contribution in [0.4, 0.5) is 0 Å². The highest BCUT2D eigenvalue weighted by Crippen LogP contribution is 2.19. The third-order valence-corrected chi connectivity index (χ3v) is 5.99. The Morgan fingerprint density at radius 1 is 1.52 bits per heavy atom. The third-order valence-electron chi connectivity index (χ3n) is 3.66. The first-order valence-corrected chi connectivity index (χ1v) is 10.2. The van der Waals surface area contributed by atoms with Crippen LogP contribution in [0.1, 0.15) is 18.6 Å². The molecule has 1 amide bonds. The topological polar surface area (TPSA) is 76.8 Å². The van der Waals surface area contributed by atoms with Crippen LogP contribution in [-0.2, 0) is 19.4 Å². The Bertz CT molecular complexity index is 667. The van der Waals surface area contributed by atoms with Crippen molar-refractivity contribution in [3.8, 4) is 0 Å². The standard InChI is InChI=1S/C15H20INO5S/c1-21-9-2-8-17(12-7-10-23(19,20)11-12)15(18)6-4-13-3-5-14(16)22-13/h3-6,12H,2,7-11H2,1H3/b6-4+. The average Bonchev–Trinajstić information content (AvgIpc) is 3.06. The Hall–Kier alpha value is -0.870. The Labute approximate surface area is 149 Å². The molecular weight excluding hydrogens is 433 g/mol. The summed E-state index contributed by atoms with van der Waals surface area (Å²) in [5, 5.41) is 0. The second kappa shape index (κ2) is 8.29. The van der Waals surface area contributed by atoms with Gasteiger partial charge in [0.1, 0.15) is 5.76 Å². The number of carbonyl (C=O) groups excluding carboxylic acids is 1. The van der Waals surface area contributed by atoms with Gasteiger partial charge in [0, 0.05) is 32.4 Å². The van der Waals surface area contributed by atoms with E-state index in [1.807, 2.05) is 6.07 Å². The maximum atomic E-state index is 12.5. The number of rotatable bonds is 7. The van der Waals surface area contributed by atoms with E-state index in [0.29, 0.717) is 31.8 Å². The van der Waals surface area contributed by atoms with Crippen molar-refractivity contribution in [1.82, 2.24) is 4.90 Å². The van der Waals surface area contributed by atoms with Crippen LogP contribution in [0.15, 0.2) is 22.6 Å². The van der Waals surface area contributed by atoms with Crippen molar-refractivity contribution in [2.24, 2.45) is 0 Å². The average molecular weight is 453 g/mol. The minimum Gasteiger partial charge on any atom is -0.451 e. The van der Waals surface area contributed by atoms with Gasteiger partial charge in [-0.1, -0.05) is 0 Å². The van der Waals surface area contributed by atoms with E-state index in [2.05, 4.69) is 22.6 Å². The van der Waals surface area contributed by atoms with Crippen molar-refractivity contribution in [3.05, 3.63) is 27.7 Å². The molecule has 1 unspecified atom stereocenters. The van der Waals surface area contributed by atoms with Crippen molar-refractivity contribution in [1.29, 1.82) is 0 Å². The Kier molecular flexibility index (Phi) is 6.66. The fourth-order valence-corrected chi connectivity index (χ4v) is 4.70. The number of hydrogen-bond acceptors (Lipinski definition) is 5. The Balaban J connectivity index is 2.06. The summed E-state index contributed by atoms with van der Waals surface area (Å²) in [5.74, 6) is 0.581. The van der Waals surface area contributed by atoms with Crippen molar-refractivity contribution in [3.63, 3.8) is 0 Å². The smallest absolute Gasteiger partial charge is 0.246 e. The summed E-state index contributed by atoms with van der Waals surface area (Å²) in [4.78, 5) is 14.1. The predicted octanol–water partition coefficient (Wildman–Crippen LogP) is 1.95. The number of carbonyl (C=O) groups is 1. The molecule has 0 spiro atoms. The van der Waals surface area contributed by atoms with E-state index in [9.17, 15) is 13.2 Å². The third kappa shape index (κ3) is 5.61. The number of sulfone groups is 1. The summed E-state index contributed by atoms with van der Waals surface area (Å²) < 4.78 is 34.5. The van der Waals surface area contributed by atoms with E-state index in [1.165, 1.54) is 6.08 Å². The SMILES string of the molecule is COCCCN(C(=O)/C=C/c1ccc(I)o1)C1CCS(=O)(=O)C1. The highest BCUT2D eigenvalue weighted by molar-refractivity contribution is 14.1. The molecule has 8 heteroatoms. The summed E-state index contributed by atoms with van der Waals surface area (Å²) in [7, 11) is -1.44. The van der Waals surface area contributed by atoms with E-state index in [0.717, 1.165) is 3.77 Å². The molecule has 23 heavy (non-hydrogen) atoms. The lowest BCUT2D eigenvalue weighted by atomic mass is 10.2. The van der Waals surface area contributed by atoms with E-state index in [-0.39, 0.29) is 23.5 Å². The number of ether oxygens (including phenoxy) is 1. The van der Waals surface area contributed by atoms with Crippen LogP contribution in [0, 0.1) is 3.77 Å². The Morgan fingerprint density at radius 3 is 2.87 bits per heavy atom. The summed E-state index contributed by atoms with van der Waals surface area (Å²) in [6, 6.07) is 3.33. The molecule has 1 fully saturated rings. The van der Waals surface area contributed by atoms with Crippen LogP contribution in [0.25, 0.3) is 6.08 Å². The monoisotopic (exact) mass is 453 g/mol. The van der Waals surface area contributed by atoms with Crippen LogP contribution in [-0.4, -0.2) is 57.0 Å². The summed E-state index contributed by atoms with van der Waals surface area (Å²) in [6.07, 6.45) is 4.21. The zero-order valence-corrected chi connectivity index (χ0v) is 15.9. The van der Waals surface area contributed by atoms with Crippen LogP contribution in [0.5, 0.6) is 0 Å². The van der Waals surface area contributed by atoms with Gasteiger partial charge in [0.2, 0.25) is 5.91 Å². The lowest BCUT2D eigenvalue weighted by molar-refractivity contribution is -0.127. The fraction of sp³-hybridized carbons (Fsp3) is 0.533. The molecule has 0 saturated carbocycles. The van der Waals surface area contributed by atoms with Crippen LogP contribution in [0.2, 0.25) is 0 Å². The zero-order chi connectivity index (χ0) is 16.9. The summed E-state index contributed by atoms with van der Waals surface area (Å²) in [5.41, 5.74) is 0. The van der Waals surface area contributed by atoms with Gasteiger partial charge in [-0.2, -0.15) is 0 Å². The summed E-state index contributed by atoms with van der Waals surface area (Å²) >= 11 is 2.05. The van der Waals surface area contributed by atoms with Gasteiger partial charge < -0.3 is 14.1 Å². The molecule has 1 aliphatic rings. The predicted molar refractivity (Wildman–Crippen MR) is 95.7 cm³/mol. The van der Waals surface area contributed by atoms with Gasteiger partial charge in [-0.3, -0.25) is 4.79 Å². The van der Waals surface area contributed by atoms with Crippen molar-refractivity contribution < 1.29 is 22.4 Å². The van der Waals surface area contributed by atoms with Crippen molar-refractivity contribution >= 4 is 44.4 Å². The molecule has 1 aromatic rings. The second-order valence-corrected chi connectivity index (χ2v) is 8.70. The molecule has 0 aromatic carbocycles. The molecular formula is C15H20INO5S. The van der Waals surface area contributed by atoms with Gasteiger partial charge in [-0.25, -0.2) is 8.42 Å². The molecule has 128 valence electrons. The van der Waals surface area contributed by atoms with Gasteiger partial charge in [-0.15, -0.1) is 0 Å². The van der Waals surface area contributed by atoms with Crippen molar-refractivity contribution in [2.45, 2.75) is 18.9 Å². The maximum absolute atomic E-state index is 12.5. The first kappa shape index (κ1) is 18.5. The first-order chi connectivity index (χ1) is 10.9. The molecule has 0 N–H and O–H groups in total. The molecule has 2 rings (SSSR count). The maximum Gasteiger partial charge on any atom is 0.246 e. The van der Waals surface area contributed by atoms with E-state index in [1.54, 1.807) is 24.2 Å². The van der Waals surface area contributed by atoms with Gasteiger partial charge in [-0.05, 0) is 53.6 Å². The minimum absolute atomic E-state index is 0.0399. The number of methoxy groups -OCH3 is 1. The van der Waals surface area contributed by atoms with E-state index in [4.69, 9.17) is 9.15 Å². The van der Waals surface area contributed by atoms with Gasteiger partial charge in [0.25, 0.3) is 0 Å². The molecule has 1 atom stereocenters. The van der Waals surface area contributed by atoms with Gasteiger partial charge >= 0.3 is 0 Å². The lowest BCUT2D eigenvalue weighted by Crippen LogP contribution is -2.41. The minimum atomic E-state index is -3.04. The van der Waals surface area contributed by atoms with Gasteiger partial charge in [0.05, 0.1) is 11.5 Å². The fourth-order valence-electron chi connectivity index (χ4n) is 2.54. The lowest BCUT2D eigenvalue weighted by Gasteiger charge is -2.27. The molecule has 6 nitrogen and oxygen atoms in total. The highest BCUT2D eigenvalue weighted by Gasteiger charge is 2.33. The first-order valence-electron chi connectivity index (χ1n) is 7.34. The molecule has 1 aromatic heterocycles. The molecule has 0 radical (unpaired) electrons. The normalized spacial score (nSPS) is 20.2. The summed E-state index contributed by atoms with van der Waals surface area (Å²) in [6.45, 7) is 1.01. The number of hydrogen-bond donors (Lipinski definition) is 0. The van der Waals surface area contributed by atoms with Crippen LogP contribution in [0.3, 0.4) is 0 Å².